The minimum atomic E-state index is -3.39. The fourth-order valence-corrected chi connectivity index (χ4v) is 4.22. The molecule has 0 amide bonds. The molecule has 1 aliphatic rings. The van der Waals surface area contributed by atoms with Crippen molar-refractivity contribution in [2.24, 2.45) is 0 Å². The van der Waals surface area contributed by atoms with Crippen molar-refractivity contribution in [3.8, 4) is 0 Å². The summed E-state index contributed by atoms with van der Waals surface area (Å²) in [5.41, 5.74) is 1.16. The van der Waals surface area contributed by atoms with Gasteiger partial charge in [-0.3, -0.25) is 0 Å². The first kappa shape index (κ1) is 16.5. The Morgan fingerprint density at radius 2 is 1.95 bits per heavy atom. The van der Waals surface area contributed by atoms with Gasteiger partial charge in [-0.15, -0.1) is 0 Å². The summed E-state index contributed by atoms with van der Waals surface area (Å²) in [6.07, 6.45) is 2.18. The van der Waals surface area contributed by atoms with Crippen molar-refractivity contribution in [1.29, 1.82) is 0 Å². The third kappa shape index (κ3) is 3.84. The Labute approximate surface area is 128 Å². The molecule has 0 bridgehead atoms. The van der Waals surface area contributed by atoms with Gasteiger partial charge in [0.05, 0.1) is 4.90 Å². The van der Waals surface area contributed by atoms with E-state index in [4.69, 9.17) is 0 Å². The van der Waals surface area contributed by atoms with Crippen molar-refractivity contribution in [2.45, 2.75) is 50.5 Å². The quantitative estimate of drug-likeness (QED) is 0.878. The molecule has 0 aliphatic carbocycles. The Kier molecular flexibility index (Phi) is 5.41. The van der Waals surface area contributed by atoms with Gasteiger partial charge in [0.1, 0.15) is 0 Å². The third-order valence-electron chi connectivity index (χ3n) is 4.12. The highest BCUT2D eigenvalue weighted by Gasteiger charge is 2.27. The van der Waals surface area contributed by atoms with Crippen LogP contribution in [0.3, 0.4) is 0 Å². The molecule has 0 spiro atoms. The molecule has 1 aromatic carbocycles. The highest BCUT2D eigenvalue weighted by molar-refractivity contribution is 7.89. The minimum Gasteiger partial charge on any atom is -0.313 e. The van der Waals surface area contributed by atoms with Crippen LogP contribution in [0.15, 0.2) is 29.2 Å². The summed E-state index contributed by atoms with van der Waals surface area (Å²) in [5.74, 6) is 0.409. The maximum Gasteiger partial charge on any atom is 0.243 e. The molecule has 1 saturated heterocycles. The van der Waals surface area contributed by atoms with Crippen LogP contribution in [0.5, 0.6) is 0 Å². The maximum atomic E-state index is 12.7. The van der Waals surface area contributed by atoms with Crippen molar-refractivity contribution in [3.63, 3.8) is 0 Å². The highest BCUT2D eigenvalue weighted by Crippen LogP contribution is 2.21. The van der Waals surface area contributed by atoms with Crippen LogP contribution in [0.1, 0.15) is 45.1 Å². The van der Waals surface area contributed by atoms with Crippen LogP contribution in [0.4, 0.5) is 0 Å². The molecule has 1 aliphatic heterocycles. The standard InChI is InChI=1S/C16H26N2O2S/c1-4-18(12-15-6-5-11-17-15)21(19,20)16-9-7-14(8-10-16)13(2)3/h7-10,13,15,17H,4-6,11-12H2,1-3H3. The van der Waals surface area contributed by atoms with Crippen molar-refractivity contribution >= 4 is 10.0 Å². The second kappa shape index (κ2) is 6.90. The lowest BCUT2D eigenvalue weighted by Crippen LogP contribution is -2.40. The van der Waals surface area contributed by atoms with Gasteiger partial charge in [-0.2, -0.15) is 4.31 Å². The van der Waals surface area contributed by atoms with E-state index < -0.39 is 10.0 Å². The van der Waals surface area contributed by atoms with Gasteiger partial charge < -0.3 is 5.32 Å². The summed E-state index contributed by atoms with van der Waals surface area (Å²) in [5, 5.41) is 3.36. The average Bonchev–Trinajstić information content (AvgIpc) is 2.97. The number of hydrogen-bond acceptors (Lipinski definition) is 3. The van der Waals surface area contributed by atoms with Crippen LogP contribution in [0, 0.1) is 0 Å². The van der Waals surface area contributed by atoms with Gasteiger partial charge in [0.25, 0.3) is 0 Å². The van der Waals surface area contributed by atoms with Gasteiger partial charge >= 0.3 is 0 Å². The molecule has 21 heavy (non-hydrogen) atoms. The minimum absolute atomic E-state index is 0.287. The highest BCUT2D eigenvalue weighted by atomic mass is 32.2. The molecule has 0 aromatic heterocycles. The molecule has 5 heteroatoms. The summed E-state index contributed by atoms with van der Waals surface area (Å²) < 4.78 is 27.0. The van der Waals surface area contributed by atoms with Gasteiger partial charge in [0.2, 0.25) is 10.0 Å². The summed E-state index contributed by atoms with van der Waals surface area (Å²) in [4.78, 5) is 0.395. The number of likely N-dealkylation sites (N-methyl/N-ethyl adjacent to an activating group) is 1. The largest absolute Gasteiger partial charge is 0.313 e. The first-order valence-corrected chi connectivity index (χ1v) is 9.22. The van der Waals surface area contributed by atoms with E-state index in [-0.39, 0.29) is 6.04 Å². The van der Waals surface area contributed by atoms with Gasteiger partial charge in [-0.1, -0.05) is 32.9 Å². The van der Waals surface area contributed by atoms with Gasteiger partial charge in [-0.25, -0.2) is 8.42 Å². The molecule has 1 atom stereocenters. The zero-order valence-electron chi connectivity index (χ0n) is 13.2. The Hall–Kier alpha value is -0.910. The summed E-state index contributed by atoms with van der Waals surface area (Å²) >= 11 is 0. The lowest BCUT2D eigenvalue weighted by Gasteiger charge is -2.24. The first-order chi connectivity index (χ1) is 9.95. The normalized spacial score (nSPS) is 19.6. The summed E-state index contributed by atoms with van der Waals surface area (Å²) in [7, 11) is -3.39. The van der Waals surface area contributed by atoms with Crippen molar-refractivity contribution in [3.05, 3.63) is 29.8 Å². The third-order valence-corrected chi connectivity index (χ3v) is 6.08. The van der Waals surface area contributed by atoms with Gasteiger partial charge in [0, 0.05) is 19.1 Å². The molecule has 118 valence electrons. The van der Waals surface area contributed by atoms with E-state index in [9.17, 15) is 8.42 Å². The molecule has 0 radical (unpaired) electrons. The Bertz CT molecular complexity index is 546. The molecule has 2 rings (SSSR count). The van der Waals surface area contributed by atoms with E-state index in [2.05, 4.69) is 19.2 Å². The molecule has 4 nitrogen and oxygen atoms in total. The van der Waals surface area contributed by atoms with Gasteiger partial charge in [-0.05, 0) is 43.0 Å². The predicted octanol–water partition coefficient (Wildman–Crippen LogP) is 2.57. The van der Waals surface area contributed by atoms with E-state index in [1.807, 2.05) is 19.1 Å². The molecule has 1 unspecified atom stereocenters. The monoisotopic (exact) mass is 310 g/mol. The Morgan fingerprint density at radius 1 is 1.29 bits per heavy atom. The lowest BCUT2D eigenvalue weighted by molar-refractivity contribution is 0.383. The van der Waals surface area contributed by atoms with Crippen LogP contribution in [0.25, 0.3) is 0 Å². The SMILES string of the molecule is CCN(CC1CCCN1)S(=O)(=O)c1ccc(C(C)C)cc1. The zero-order valence-corrected chi connectivity index (χ0v) is 14.0. The Balaban J connectivity index is 2.17. The lowest BCUT2D eigenvalue weighted by atomic mass is 10.0. The molecule has 1 aromatic rings. The topological polar surface area (TPSA) is 49.4 Å². The van der Waals surface area contributed by atoms with Gasteiger partial charge in [0.15, 0.2) is 0 Å². The number of benzene rings is 1. The van der Waals surface area contributed by atoms with Crippen LogP contribution in [0.2, 0.25) is 0 Å². The molecular weight excluding hydrogens is 284 g/mol. The van der Waals surface area contributed by atoms with E-state index in [1.165, 1.54) is 0 Å². The second-order valence-electron chi connectivity index (χ2n) is 5.97. The predicted molar refractivity (Wildman–Crippen MR) is 86.0 cm³/mol. The zero-order chi connectivity index (χ0) is 15.5. The van der Waals surface area contributed by atoms with Crippen molar-refractivity contribution in [1.82, 2.24) is 9.62 Å². The van der Waals surface area contributed by atoms with Crippen molar-refractivity contribution in [2.75, 3.05) is 19.6 Å². The summed E-state index contributed by atoms with van der Waals surface area (Å²) in [6.45, 7) is 8.17. The van der Waals surface area contributed by atoms with E-state index >= 15 is 0 Å². The number of nitrogens with zero attached hydrogens (tertiary/aromatic N) is 1. The molecule has 1 fully saturated rings. The number of hydrogen-bond donors (Lipinski definition) is 1. The number of sulfonamides is 1. The van der Waals surface area contributed by atoms with Crippen LogP contribution < -0.4 is 5.32 Å². The smallest absolute Gasteiger partial charge is 0.243 e. The van der Waals surface area contributed by atoms with Crippen LogP contribution in [-0.4, -0.2) is 38.4 Å². The Morgan fingerprint density at radius 3 is 2.43 bits per heavy atom. The van der Waals surface area contributed by atoms with E-state index in [0.717, 1.165) is 24.9 Å². The van der Waals surface area contributed by atoms with Crippen LogP contribution >= 0.6 is 0 Å². The van der Waals surface area contributed by atoms with E-state index in [1.54, 1.807) is 16.4 Å². The fourth-order valence-electron chi connectivity index (χ4n) is 2.73. The molecule has 1 heterocycles. The summed E-state index contributed by atoms with van der Waals surface area (Å²) in [6, 6.07) is 7.58. The first-order valence-electron chi connectivity index (χ1n) is 7.78. The number of nitrogens with one attached hydrogen (secondary N) is 1. The molecule has 1 N–H and O–H groups in total. The second-order valence-corrected chi connectivity index (χ2v) is 7.91. The van der Waals surface area contributed by atoms with E-state index in [0.29, 0.717) is 23.9 Å². The molecular formula is C16H26N2O2S. The fraction of sp³-hybridized carbons (Fsp3) is 0.625. The number of rotatable bonds is 6. The van der Waals surface area contributed by atoms with Crippen molar-refractivity contribution < 1.29 is 8.42 Å². The maximum absolute atomic E-state index is 12.7. The molecule has 0 saturated carbocycles. The van der Waals surface area contributed by atoms with Crippen LogP contribution in [-0.2, 0) is 10.0 Å². The average molecular weight is 310 g/mol.